The summed E-state index contributed by atoms with van der Waals surface area (Å²) in [5.41, 5.74) is 0. The van der Waals surface area contributed by atoms with Gasteiger partial charge in [0.15, 0.2) is 5.12 Å². The largest absolute Gasteiger partial charge is 0.288 e. The van der Waals surface area contributed by atoms with Crippen molar-refractivity contribution in [3.8, 4) is 0 Å². The van der Waals surface area contributed by atoms with Crippen LogP contribution in [0.15, 0.2) is 0 Å². The van der Waals surface area contributed by atoms with Crippen molar-refractivity contribution in [2.24, 2.45) is 0 Å². The molecular formula is C5H9IOS. The highest BCUT2D eigenvalue weighted by molar-refractivity contribution is 14.1. The van der Waals surface area contributed by atoms with Crippen LogP contribution < -0.4 is 0 Å². The Bertz CT molecular complexity index is 74.8. The van der Waals surface area contributed by atoms with Gasteiger partial charge in [0.1, 0.15) is 0 Å². The fourth-order valence-electron chi connectivity index (χ4n) is 0.270. The second-order valence-electron chi connectivity index (χ2n) is 1.38. The first-order valence-electron chi connectivity index (χ1n) is 2.46. The van der Waals surface area contributed by atoms with Crippen molar-refractivity contribution < 1.29 is 4.79 Å². The Morgan fingerprint density at radius 1 is 1.75 bits per heavy atom. The van der Waals surface area contributed by atoms with Crippen molar-refractivity contribution in [3.05, 3.63) is 0 Å². The topological polar surface area (TPSA) is 17.1 Å². The second-order valence-corrected chi connectivity index (χ2v) is 3.73. The average Bonchev–Trinajstić information content (AvgIpc) is 1.66. The SMILES string of the molecule is CC(=O)SCCCI. The van der Waals surface area contributed by atoms with Crippen LogP contribution >= 0.6 is 34.4 Å². The molecule has 8 heavy (non-hydrogen) atoms. The molecule has 0 bridgehead atoms. The quantitative estimate of drug-likeness (QED) is 0.429. The molecule has 0 aliphatic rings. The van der Waals surface area contributed by atoms with Crippen molar-refractivity contribution in [2.75, 3.05) is 10.2 Å². The Hall–Kier alpha value is 0.750. The summed E-state index contributed by atoms with van der Waals surface area (Å²) in [6, 6.07) is 0. The maximum absolute atomic E-state index is 10.3. The zero-order valence-corrected chi connectivity index (χ0v) is 7.79. The van der Waals surface area contributed by atoms with E-state index in [1.165, 1.54) is 11.8 Å². The van der Waals surface area contributed by atoms with Crippen LogP contribution in [0.25, 0.3) is 0 Å². The normalized spacial score (nSPS) is 9.25. The highest BCUT2D eigenvalue weighted by atomic mass is 127. The highest BCUT2D eigenvalue weighted by Crippen LogP contribution is 2.03. The zero-order chi connectivity index (χ0) is 6.41. The van der Waals surface area contributed by atoms with Crippen molar-refractivity contribution >= 4 is 39.5 Å². The third-order valence-electron chi connectivity index (χ3n) is 0.583. The fourth-order valence-corrected chi connectivity index (χ4v) is 1.75. The predicted octanol–water partition coefficient (Wildman–Crippen LogP) is 2.09. The van der Waals surface area contributed by atoms with Crippen LogP contribution in [0.1, 0.15) is 13.3 Å². The van der Waals surface area contributed by atoms with Crippen molar-refractivity contribution in [1.82, 2.24) is 0 Å². The number of halogens is 1. The zero-order valence-electron chi connectivity index (χ0n) is 4.82. The van der Waals surface area contributed by atoms with E-state index in [9.17, 15) is 4.79 Å². The van der Waals surface area contributed by atoms with Crippen LogP contribution in [0.4, 0.5) is 0 Å². The molecule has 0 aromatic rings. The summed E-state index contributed by atoms with van der Waals surface area (Å²) >= 11 is 3.72. The van der Waals surface area contributed by atoms with Gasteiger partial charge in [0.25, 0.3) is 0 Å². The number of thioether (sulfide) groups is 1. The van der Waals surface area contributed by atoms with Crippen molar-refractivity contribution in [1.29, 1.82) is 0 Å². The minimum absolute atomic E-state index is 0.231. The lowest BCUT2D eigenvalue weighted by Gasteiger charge is -1.89. The van der Waals surface area contributed by atoms with E-state index in [1.807, 2.05) is 0 Å². The summed E-state index contributed by atoms with van der Waals surface area (Å²) in [7, 11) is 0. The van der Waals surface area contributed by atoms with E-state index in [2.05, 4.69) is 22.6 Å². The Labute approximate surface area is 67.7 Å². The summed E-state index contributed by atoms with van der Waals surface area (Å²) in [5, 5.41) is 0.231. The molecule has 0 aliphatic carbocycles. The Morgan fingerprint density at radius 3 is 2.75 bits per heavy atom. The molecule has 0 N–H and O–H groups in total. The number of rotatable bonds is 3. The average molecular weight is 244 g/mol. The van der Waals surface area contributed by atoms with E-state index in [-0.39, 0.29) is 5.12 Å². The van der Waals surface area contributed by atoms with Crippen LogP contribution in [0.5, 0.6) is 0 Å². The van der Waals surface area contributed by atoms with Gasteiger partial charge in [-0.2, -0.15) is 0 Å². The summed E-state index contributed by atoms with van der Waals surface area (Å²) in [4.78, 5) is 10.3. The number of hydrogen-bond donors (Lipinski definition) is 0. The first kappa shape index (κ1) is 8.75. The Balaban J connectivity index is 2.82. The summed E-state index contributed by atoms with van der Waals surface area (Å²) in [5.74, 6) is 0.984. The maximum Gasteiger partial charge on any atom is 0.185 e. The van der Waals surface area contributed by atoms with Gasteiger partial charge < -0.3 is 0 Å². The van der Waals surface area contributed by atoms with Crippen LogP contribution in [0.3, 0.4) is 0 Å². The highest BCUT2D eigenvalue weighted by Gasteiger charge is 1.90. The minimum atomic E-state index is 0.231. The maximum atomic E-state index is 10.3. The number of alkyl halides is 1. The summed E-state index contributed by atoms with van der Waals surface area (Å²) in [6.07, 6.45) is 1.14. The van der Waals surface area contributed by atoms with E-state index >= 15 is 0 Å². The molecule has 0 rings (SSSR count). The molecule has 0 amide bonds. The minimum Gasteiger partial charge on any atom is -0.288 e. The molecule has 0 aromatic heterocycles. The molecule has 0 aliphatic heterocycles. The predicted molar refractivity (Wildman–Crippen MR) is 46.6 cm³/mol. The Morgan fingerprint density at radius 2 is 2.38 bits per heavy atom. The van der Waals surface area contributed by atoms with Gasteiger partial charge in [-0.25, -0.2) is 0 Å². The molecule has 0 saturated carbocycles. The molecule has 1 nitrogen and oxygen atoms in total. The third-order valence-corrected chi connectivity index (χ3v) is 2.25. The van der Waals surface area contributed by atoms with E-state index < -0.39 is 0 Å². The molecule has 0 aromatic carbocycles. The van der Waals surface area contributed by atoms with Gasteiger partial charge in [-0.1, -0.05) is 34.4 Å². The number of hydrogen-bond acceptors (Lipinski definition) is 2. The van der Waals surface area contributed by atoms with Gasteiger partial charge in [-0.05, 0) is 6.42 Å². The molecule has 0 atom stereocenters. The van der Waals surface area contributed by atoms with E-state index in [1.54, 1.807) is 6.92 Å². The van der Waals surface area contributed by atoms with Gasteiger partial charge in [0.2, 0.25) is 0 Å². The molecule has 0 spiro atoms. The van der Waals surface area contributed by atoms with E-state index in [4.69, 9.17) is 0 Å². The standard InChI is InChI=1S/C5H9IOS/c1-5(7)8-4-2-3-6/h2-4H2,1H3. The molecule has 3 heteroatoms. The fraction of sp³-hybridized carbons (Fsp3) is 0.800. The molecule has 0 heterocycles. The molecular weight excluding hydrogens is 235 g/mol. The molecule has 48 valence electrons. The molecule has 0 saturated heterocycles. The van der Waals surface area contributed by atoms with Crippen LogP contribution in [-0.4, -0.2) is 15.3 Å². The summed E-state index contributed by atoms with van der Waals surface area (Å²) < 4.78 is 1.15. The van der Waals surface area contributed by atoms with Gasteiger partial charge in [0.05, 0.1) is 0 Å². The van der Waals surface area contributed by atoms with Gasteiger partial charge in [-0.15, -0.1) is 0 Å². The summed E-state index contributed by atoms with van der Waals surface area (Å²) in [6.45, 7) is 1.61. The van der Waals surface area contributed by atoms with Gasteiger partial charge >= 0.3 is 0 Å². The smallest absolute Gasteiger partial charge is 0.185 e. The van der Waals surface area contributed by atoms with Crippen molar-refractivity contribution in [3.63, 3.8) is 0 Å². The van der Waals surface area contributed by atoms with Crippen molar-refractivity contribution in [2.45, 2.75) is 13.3 Å². The van der Waals surface area contributed by atoms with Crippen LogP contribution in [-0.2, 0) is 4.79 Å². The second kappa shape index (κ2) is 5.88. The third kappa shape index (κ3) is 6.75. The lowest BCUT2D eigenvalue weighted by Crippen LogP contribution is -1.85. The van der Waals surface area contributed by atoms with Gasteiger partial charge in [-0.3, -0.25) is 4.79 Å². The van der Waals surface area contributed by atoms with Crippen LogP contribution in [0.2, 0.25) is 0 Å². The monoisotopic (exact) mass is 244 g/mol. The lowest BCUT2D eigenvalue weighted by molar-refractivity contribution is -0.109. The first-order chi connectivity index (χ1) is 3.77. The number of carbonyl (C=O) groups excluding carboxylic acids is 1. The molecule has 0 fully saturated rings. The van der Waals surface area contributed by atoms with Gasteiger partial charge in [0, 0.05) is 17.1 Å². The van der Waals surface area contributed by atoms with E-state index in [0.29, 0.717) is 0 Å². The van der Waals surface area contributed by atoms with Crippen LogP contribution in [0, 0.1) is 0 Å². The lowest BCUT2D eigenvalue weighted by atomic mass is 10.6. The molecule has 0 unspecified atom stereocenters. The molecule has 0 radical (unpaired) electrons. The number of carbonyl (C=O) groups is 1. The first-order valence-corrected chi connectivity index (χ1v) is 4.98. The van der Waals surface area contributed by atoms with E-state index in [0.717, 1.165) is 16.6 Å². The Kier molecular flexibility index (Phi) is 6.43.